The van der Waals surface area contributed by atoms with E-state index in [-0.39, 0.29) is 29.1 Å². The Hall–Kier alpha value is -1.42. The van der Waals surface area contributed by atoms with Crippen LogP contribution in [0.1, 0.15) is 65.7 Å². The van der Waals surface area contributed by atoms with Crippen LogP contribution in [0.25, 0.3) is 0 Å². The van der Waals surface area contributed by atoms with Crippen molar-refractivity contribution in [3.05, 3.63) is 23.8 Å². The summed E-state index contributed by atoms with van der Waals surface area (Å²) in [4.78, 5) is 23.0. The molecule has 4 heteroatoms. The van der Waals surface area contributed by atoms with Crippen molar-refractivity contribution >= 4 is 11.8 Å². The Bertz CT molecular complexity index is 737. The van der Waals surface area contributed by atoms with Crippen molar-refractivity contribution in [3.8, 4) is 0 Å². The molecule has 0 aliphatic heterocycles. The molecule has 4 rings (SSSR count). The van der Waals surface area contributed by atoms with E-state index in [0.29, 0.717) is 42.4 Å². The predicted molar refractivity (Wildman–Crippen MR) is 108 cm³/mol. The molecule has 4 aliphatic rings. The van der Waals surface area contributed by atoms with Crippen molar-refractivity contribution in [3.63, 3.8) is 0 Å². The molecule has 0 spiro atoms. The minimum atomic E-state index is -0.731. The molecule has 28 heavy (non-hydrogen) atoms. The second-order valence-electron chi connectivity index (χ2n) is 10.3. The Labute approximate surface area is 168 Å². The topological polar surface area (TPSA) is 74.6 Å². The number of hydrogen-bond donors (Lipinski definition) is 2. The average Bonchev–Trinajstić information content (AvgIpc) is 3.00. The van der Waals surface area contributed by atoms with Crippen LogP contribution in [0.5, 0.6) is 0 Å². The second-order valence-corrected chi connectivity index (χ2v) is 10.3. The number of carbonyl (C=O) groups excluding carboxylic acids is 1. The molecule has 4 nitrogen and oxygen atoms in total. The van der Waals surface area contributed by atoms with E-state index in [2.05, 4.69) is 32.9 Å². The van der Waals surface area contributed by atoms with Crippen LogP contribution in [0.3, 0.4) is 0 Å². The van der Waals surface area contributed by atoms with E-state index in [0.717, 1.165) is 31.3 Å². The van der Waals surface area contributed by atoms with Crippen molar-refractivity contribution in [2.75, 3.05) is 0 Å². The lowest BCUT2D eigenvalue weighted by Crippen LogP contribution is -2.55. The van der Waals surface area contributed by atoms with Gasteiger partial charge in [-0.25, -0.2) is 0 Å². The molecule has 2 fully saturated rings. The molecule has 2 N–H and O–H groups in total. The van der Waals surface area contributed by atoms with E-state index < -0.39 is 5.97 Å². The molecular weight excluding hydrogens is 352 g/mol. The van der Waals surface area contributed by atoms with Crippen molar-refractivity contribution in [1.82, 2.24) is 0 Å². The number of aliphatic carboxylic acids is 1. The minimum absolute atomic E-state index is 0.0113. The molecular formula is C24H34O4. The number of aliphatic hydroxyl groups is 1. The monoisotopic (exact) mass is 386 g/mol. The predicted octanol–water partition coefficient (Wildman–Crippen LogP) is 4.38. The molecule has 0 amide bonds. The average molecular weight is 387 g/mol. The van der Waals surface area contributed by atoms with Gasteiger partial charge in [-0.05, 0) is 84.2 Å². The number of carbonyl (C=O) groups is 2. The molecule has 8 atom stereocenters. The second kappa shape index (κ2) is 6.83. The van der Waals surface area contributed by atoms with Gasteiger partial charge in [-0.3, -0.25) is 9.59 Å². The summed E-state index contributed by atoms with van der Waals surface area (Å²) < 4.78 is 0. The van der Waals surface area contributed by atoms with Crippen LogP contribution in [0.15, 0.2) is 23.8 Å². The van der Waals surface area contributed by atoms with Gasteiger partial charge >= 0.3 is 5.97 Å². The zero-order chi connectivity index (χ0) is 20.3. The Kier molecular flexibility index (Phi) is 4.85. The van der Waals surface area contributed by atoms with Crippen LogP contribution in [0.2, 0.25) is 0 Å². The maximum atomic E-state index is 11.9. The normalized spacial score (nSPS) is 45.6. The summed E-state index contributed by atoms with van der Waals surface area (Å²) in [5.74, 6) is 1.45. The van der Waals surface area contributed by atoms with Gasteiger partial charge in [-0.1, -0.05) is 32.9 Å². The molecule has 0 aromatic carbocycles. The summed E-state index contributed by atoms with van der Waals surface area (Å²) in [6.45, 7) is 6.73. The number of ketones is 1. The molecule has 0 bridgehead atoms. The van der Waals surface area contributed by atoms with Crippen LogP contribution >= 0.6 is 0 Å². The van der Waals surface area contributed by atoms with E-state index in [1.165, 1.54) is 0 Å². The molecule has 0 aromatic rings. The molecule has 0 saturated heterocycles. The van der Waals surface area contributed by atoms with Gasteiger partial charge in [0.1, 0.15) is 0 Å². The summed E-state index contributed by atoms with van der Waals surface area (Å²) in [5, 5.41) is 20.5. The third-order valence-corrected chi connectivity index (χ3v) is 9.19. The summed E-state index contributed by atoms with van der Waals surface area (Å²) in [6, 6.07) is 0. The van der Waals surface area contributed by atoms with E-state index >= 15 is 0 Å². The maximum Gasteiger partial charge on any atom is 0.303 e. The summed E-state index contributed by atoms with van der Waals surface area (Å²) in [6.07, 6.45) is 11.4. The fraction of sp³-hybridized carbons (Fsp3) is 0.750. The van der Waals surface area contributed by atoms with Crippen LogP contribution in [-0.2, 0) is 9.59 Å². The number of rotatable bonds is 4. The minimum Gasteiger partial charge on any atom is -0.481 e. The number of fused-ring (bicyclic) bond motifs is 5. The fourth-order valence-corrected chi connectivity index (χ4v) is 7.48. The van der Waals surface area contributed by atoms with E-state index in [4.69, 9.17) is 5.11 Å². The quantitative estimate of drug-likeness (QED) is 0.752. The Balaban J connectivity index is 1.64. The van der Waals surface area contributed by atoms with E-state index in [9.17, 15) is 14.7 Å². The smallest absolute Gasteiger partial charge is 0.303 e. The van der Waals surface area contributed by atoms with Crippen LogP contribution in [-0.4, -0.2) is 28.1 Å². The van der Waals surface area contributed by atoms with Gasteiger partial charge in [-0.2, -0.15) is 0 Å². The van der Waals surface area contributed by atoms with Gasteiger partial charge in [0.15, 0.2) is 5.78 Å². The molecule has 4 aliphatic carbocycles. The number of allylic oxidation sites excluding steroid dienone is 4. The maximum absolute atomic E-state index is 11.9. The fourth-order valence-electron chi connectivity index (χ4n) is 7.48. The summed E-state index contributed by atoms with van der Waals surface area (Å²) >= 11 is 0. The highest BCUT2D eigenvalue weighted by Crippen LogP contribution is 2.66. The largest absolute Gasteiger partial charge is 0.481 e. The van der Waals surface area contributed by atoms with Gasteiger partial charge < -0.3 is 10.2 Å². The highest BCUT2D eigenvalue weighted by atomic mass is 16.4. The van der Waals surface area contributed by atoms with Gasteiger partial charge in [-0.15, -0.1) is 0 Å². The first-order chi connectivity index (χ1) is 13.2. The number of hydrogen-bond acceptors (Lipinski definition) is 3. The van der Waals surface area contributed by atoms with Crippen LogP contribution < -0.4 is 0 Å². The lowest BCUT2D eigenvalue weighted by atomic mass is 9.47. The Morgan fingerprint density at radius 3 is 2.75 bits per heavy atom. The van der Waals surface area contributed by atoms with Gasteiger partial charge in [0.2, 0.25) is 0 Å². The summed E-state index contributed by atoms with van der Waals surface area (Å²) in [5.41, 5.74) is 0.999. The molecule has 1 unspecified atom stereocenters. The zero-order valence-corrected chi connectivity index (χ0v) is 17.4. The third kappa shape index (κ3) is 2.82. The van der Waals surface area contributed by atoms with Gasteiger partial charge in [0, 0.05) is 12.8 Å². The van der Waals surface area contributed by atoms with Crippen molar-refractivity contribution < 1.29 is 19.8 Å². The van der Waals surface area contributed by atoms with E-state index in [1.807, 2.05) is 6.08 Å². The zero-order valence-electron chi connectivity index (χ0n) is 17.4. The van der Waals surface area contributed by atoms with Crippen LogP contribution in [0, 0.1) is 40.4 Å². The van der Waals surface area contributed by atoms with Crippen LogP contribution in [0.4, 0.5) is 0 Å². The lowest BCUT2D eigenvalue weighted by Gasteiger charge is -2.58. The Morgan fingerprint density at radius 2 is 2.04 bits per heavy atom. The molecule has 0 heterocycles. The number of carboxylic acid groups (broad SMARTS) is 1. The summed E-state index contributed by atoms with van der Waals surface area (Å²) in [7, 11) is 0. The SMILES string of the molecule is C[C@H](CCC(=O)O)[C@H]1CC[C@H]2[C@@H]3C=CC4=CC(=O)CC[C@]4(C)[C@H]3CC(O)[C@]12C. The lowest BCUT2D eigenvalue weighted by molar-refractivity contribution is -0.138. The first-order valence-electron chi connectivity index (χ1n) is 11.0. The Morgan fingerprint density at radius 1 is 1.29 bits per heavy atom. The van der Waals surface area contributed by atoms with E-state index in [1.54, 1.807) is 0 Å². The molecule has 0 aromatic heterocycles. The van der Waals surface area contributed by atoms with Crippen molar-refractivity contribution in [2.24, 2.45) is 40.4 Å². The highest BCUT2D eigenvalue weighted by molar-refractivity contribution is 5.92. The third-order valence-electron chi connectivity index (χ3n) is 9.19. The van der Waals surface area contributed by atoms with Crippen molar-refractivity contribution in [1.29, 1.82) is 0 Å². The van der Waals surface area contributed by atoms with Gasteiger partial charge in [0.25, 0.3) is 0 Å². The molecule has 2 saturated carbocycles. The number of carboxylic acids is 1. The first-order valence-corrected chi connectivity index (χ1v) is 11.0. The number of aliphatic hydroxyl groups excluding tert-OH is 1. The molecule has 154 valence electrons. The standard InChI is InChI=1S/C24H34O4/c1-14(4-9-22(27)28)18-7-8-19-17-6-5-15-12-16(25)10-11-23(15,2)20(17)13-21(26)24(18,19)3/h5-6,12,14,17-21,26H,4,7-11,13H2,1-3H3,(H,27,28)/t14-,17+,18-,19+,20+,21?,23+,24-/m1/s1. The highest BCUT2D eigenvalue weighted by Gasteiger charge is 2.62. The van der Waals surface area contributed by atoms with Crippen molar-refractivity contribution in [2.45, 2.75) is 71.8 Å². The molecule has 0 radical (unpaired) electrons. The van der Waals surface area contributed by atoms with Gasteiger partial charge in [0.05, 0.1) is 6.10 Å². The first kappa shape index (κ1) is 19.9.